The van der Waals surface area contributed by atoms with E-state index in [4.69, 9.17) is 9.84 Å². The molecule has 138 valence electrons. The van der Waals surface area contributed by atoms with Gasteiger partial charge in [-0.3, -0.25) is 14.6 Å². The van der Waals surface area contributed by atoms with Gasteiger partial charge in [0.15, 0.2) is 0 Å². The van der Waals surface area contributed by atoms with Crippen LogP contribution in [0, 0.1) is 13.8 Å². The fourth-order valence-corrected chi connectivity index (χ4v) is 3.01. The van der Waals surface area contributed by atoms with Crippen LogP contribution >= 0.6 is 11.8 Å². The number of nitrogens with zero attached hydrogens (tertiary/aromatic N) is 1. The highest BCUT2D eigenvalue weighted by Crippen LogP contribution is 2.25. The van der Waals surface area contributed by atoms with Gasteiger partial charge in [-0.1, -0.05) is 6.07 Å². The molecule has 0 atom stereocenters. The molecule has 0 fully saturated rings. The average molecular weight is 374 g/mol. The molecule has 0 spiro atoms. The number of aromatic nitrogens is 1. The lowest BCUT2D eigenvalue weighted by Crippen LogP contribution is -2.26. The molecule has 0 bridgehead atoms. The highest BCUT2D eigenvalue weighted by molar-refractivity contribution is 7.99. The molecular weight excluding hydrogens is 352 g/mol. The largest absolute Gasteiger partial charge is 0.488 e. The quantitative estimate of drug-likeness (QED) is 0.656. The molecule has 1 aromatic carbocycles. The Morgan fingerprint density at radius 1 is 1.27 bits per heavy atom. The van der Waals surface area contributed by atoms with Gasteiger partial charge in [-0.2, -0.15) is 0 Å². The van der Waals surface area contributed by atoms with Crippen molar-refractivity contribution in [2.24, 2.45) is 0 Å². The minimum atomic E-state index is -0.852. The lowest BCUT2D eigenvalue weighted by molar-refractivity contribution is -0.133. The Balaban J connectivity index is 1.92. The van der Waals surface area contributed by atoms with E-state index in [-0.39, 0.29) is 11.7 Å². The molecular formula is C19H22N2O4S. The van der Waals surface area contributed by atoms with Crippen molar-refractivity contribution in [2.75, 3.05) is 18.1 Å². The molecule has 7 heteroatoms. The highest BCUT2D eigenvalue weighted by atomic mass is 32.2. The van der Waals surface area contributed by atoms with Crippen molar-refractivity contribution >= 4 is 23.6 Å². The van der Waals surface area contributed by atoms with Crippen LogP contribution in [0.1, 0.15) is 27.0 Å². The second-order valence-electron chi connectivity index (χ2n) is 5.79. The van der Waals surface area contributed by atoms with Crippen molar-refractivity contribution in [3.05, 3.63) is 58.9 Å². The molecule has 2 aromatic rings. The number of benzene rings is 1. The van der Waals surface area contributed by atoms with E-state index in [1.807, 2.05) is 26.0 Å². The van der Waals surface area contributed by atoms with Crippen LogP contribution in [-0.4, -0.2) is 40.0 Å². The Hall–Kier alpha value is -2.54. The Morgan fingerprint density at radius 2 is 2.00 bits per heavy atom. The monoisotopic (exact) mass is 374 g/mol. The van der Waals surface area contributed by atoms with Crippen molar-refractivity contribution in [1.29, 1.82) is 0 Å². The summed E-state index contributed by atoms with van der Waals surface area (Å²) in [5.74, 6) is 0.335. The number of hydrogen-bond acceptors (Lipinski definition) is 5. The molecule has 1 aromatic heterocycles. The first-order chi connectivity index (χ1) is 12.5. The van der Waals surface area contributed by atoms with E-state index in [0.29, 0.717) is 24.5 Å². The normalized spacial score (nSPS) is 10.4. The lowest BCUT2D eigenvalue weighted by atomic mass is 10.1. The Morgan fingerprint density at radius 3 is 2.62 bits per heavy atom. The number of amides is 1. The van der Waals surface area contributed by atoms with Crippen LogP contribution in [0.3, 0.4) is 0 Å². The van der Waals surface area contributed by atoms with Crippen LogP contribution in [0.15, 0.2) is 36.7 Å². The van der Waals surface area contributed by atoms with E-state index in [1.165, 1.54) is 11.8 Å². The molecule has 2 rings (SSSR count). The Bertz CT molecular complexity index is 742. The summed E-state index contributed by atoms with van der Waals surface area (Å²) in [6.07, 6.45) is 3.47. The van der Waals surface area contributed by atoms with Gasteiger partial charge >= 0.3 is 5.97 Å². The number of hydrogen-bond donors (Lipinski definition) is 2. The van der Waals surface area contributed by atoms with Crippen LogP contribution in [0.5, 0.6) is 5.75 Å². The van der Waals surface area contributed by atoms with Gasteiger partial charge in [-0.05, 0) is 43.2 Å². The van der Waals surface area contributed by atoms with Crippen LogP contribution in [0.25, 0.3) is 0 Å². The summed E-state index contributed by atoms with van der Waals surface area (Å²) < 4.78 is 5.89. The molecule has 0 aliphatic heterocycles. The second kappa shape index (κ2) is 9.82. The van der Waals surface area contributed by atoms with Gasteiger partial charge in [0, 0.05) is 35.8 Å². The third-order valence-electron chi connectivity index (χ3n) is 3.59. The first kappa shape index (κ1) is 19.8. The summed E-state index contributed by atoms with van der Waals surface area (Å²) in [6.45, 7) is 4.66. The van der Waals surface area contributed by atoms with Crippen molar-refractivity contribution in [3.8, 4) is 5.75 Å². The molecule has 1 heterocycles. The molecule has 0 aliphatic rings. The summed E-state index contributed by atoms with van der Waals surface area (Å²) in [5.41, 5.74) is 3.32. The maximum atomic E-state index is 12.3. The zero-order valence-corrected chi connectivity index (χ0v) is 15.6. The van der Waals surface area contributed by atoms with Gasteiger partial charge in [0.2, 0.25) is 0 Å². The average Bonchev–Trinajstić information content (AvgIpc) is 2.61. The number of rotatable bonds is 9. The van der Waals surface area contributed by atoms with Crippen LogP contribution in [0.4, 0.5) is 0 Å². The fourth-order valence-electron chi connectivity index (χ4n) is 2.45. The van der Waals surface area contributed by atoms with E-state index in [0.717, 1.165) is 22.4 Å². The third kappa shape index (κ3) is 6.07. The summed E-state index contributed by atoms with van der Waals surface area (Å²) in [5, 5.41) is 11.4. The Labute approximate surface area is 157 Å². The number of pyridine rings is 1. The maximum Gasteiger partial charge on any atom is 0.313 e. The molecule has 0 saturated carbocycles. The number of aryl methyl sites for hydroxylation is 2. The van der Waals surface area contributed by atoms with Crippen molar-refractivity contribution in [2.45, 2.75) is 20.5 Å². The summed E-state index contributed by atoms with van der Waals surface area (Å²) >= 11 is 1.27. The minimum Gasteiger partial charge on any atom is -0.488 e. The van der Waals surface area contributed by atoms with E-state index < -0.39 is 5.97 Å². The second-order valence-corrected chi connectivity index (χ2v) is 6.90. The van der Waals surface area contributed by atoms with E-state index in [1.54, 1.807) is 24.5 Å². The first-order valence-electron chi connectivity index (χ1n) is 8.18. The number of carbonyl (C=O) groups is 2. The number of ether oxygens (including phenoxy) is 1. The molecule has 0 saturated heterocycles. The molecule has 1 amide bonds. The van der Waals surface area contributed by atoms with Crippen LogP contribution in [-0.2, 0) is 11.4 Å². The highest BCUT2D eigenvalue weighted by Gasteiger charge is 2.12. The van der Waals surface area contributed by atoms with E-state index in [9.17, 15) is 9.59 Å². The topological polar surface area (TPSA) is 88.5 Å². The van der Waals surface area contributed by atoms with Gasteiger partial charge in [-0.25, -0.2) is 0 Å². The first-order valence-corrected chi connectivity index (χ1v) is 9.33. The summed E-state index contributed by atoms with van der Waals surface area (Å²) in [7, 11) is 0. The third-order valence-corrected chi connectivity index (χ3v) is 4.53. The zero-order valence-electron chi connectivity index (χ0n) is 14.8. The molecule has 2 N–H and O–H groups in total. The predicted molar refractivity (Wildman–Crippen MR) is 102 cm³/mol. The zero-order chi connectivity index (χ0) is 18.9. The van der Waals surface area contributed by atoms with E-state index >= 15 is 0 Å². The SMILES string of the molecule is Cc1cc(C(=O)NCCSCC(=O)O)cc(C)c1OCc1cccnc1. The number of carboxylic acid groups (broad SMARTS) is 1. The van der Waals surface area contributed by atoms with Crippen molar-refractivity contribution in [1.82, 2.24) is 10.3 Å². The Kier molecular flexibility index (Phi) is 7.47. The predicted octanol–water partition coefficient (Wildman–Crippen LogP) is 2.83. The lowest BCUT2D eigenvalue weighted by Gasteiger charge is -2.14. The number of carbonyl (C=O) groups excluding carboxylic acids is 1. The molecule has 0 radical (unpaired) electrons. The van der Waals surface area contributed by atoms with Crippen molar-refractivity contribution < 1.29 is 19.4 Å². The molecule has 0 aliphatic carbocycles. The van der Waals surface area contributed by atoms with Gasteiger partial charge in [0.25, 0.3) is 5.91 Å². The summed E-state index contributed by atoms with van der Waals surface area (Å²) in [4.78, 5) is 26.8. The molecule has 26 heavy (non-hydrogen) atoms. The summed E-state index contributed by atoms with van der Waals surface area (Å²) in [6, 6.07) is 7.40. The fraction of sp³-hybridized carbons (Fsp3) is 0.316. The number of aliphatic carboxylic acids is 1. The van der Waals surface area contributed by atoms with Gasteiger partial charge in [-0.15, -0.1) is 11.8 Å². The van der Waals surface area contributed by atoms with E-state index in [2.05, 4.69) is 10.3 Å². The number of carboxylic acids is 1. The number of thioether (sulfide) groups is 1. The van der Waals surface area contributed by atoms with Gasteiger partial charge < -0.3 is 15.2 Å². The molecule has 6 nitrogen and oxygen atoms in total. The van der Waals surface area contributed by atoms with Crippen LogP contribution in [0.2, 0.25) is 0 Å². The standard InChI is InChI=1S/C19H22N2O4S/c1-13-8-16(19(24)21-6-7-26-12-17(22)23)9-14(2)18(13)25-11-15-4-3-5-20-10-15/h3-5,8-10H,6-7,11-12H2,1-2H3,(H,21,24)(H,22,23). The van der Waals surface area contributed by atoms with Gasteiger partial charge in [0.1, 0.15) is 12.4 Å². The van der Waals surface area contributed by atoms with Crippen LogP contribution < -0.4 is 10.1 Å². The minimum absolute atomic E-state index is 0.0387. The van der Waals surface area contributed by atoms with Crippen molar-refractivity contribution in [3.63, 3.8) is 0 Å². The molecule has 0 unspecified atom stereocenters. The number of nitrogens with one attached hydrogen (secondary N) is 1. The van der Waals surface area contributed by atoms with Gasteiger partial charge in [0.05, 0.1) is 5.75 Å². The maximum absolute atomic E-state index is 12.3. The smallest absolute Gasteiger partial charge is 0.313 e.